The number of hydrogen-bond donors (Lipinski definition) is 2. The van der Waals surface area contributed by atoms with E-state index in [1.807, 2.05) is 0 Å². The Morgan fingerprint density at radius 1 is 1.50 bits per heavy atom. The van der Waals surface area contributed by atoms with Crippen LogP contribution in [0.5, 0.6) is 0 Å². The third-order valence-electron chi connectivity index (χ3n) is 1.48. The van der Waals surface area contributed by atoms with Crippen LogP contribution in [0.2, 0.25) is 5.28 Å². The summed E-state index contributed by atoms with van der Waals surface area (Å²) in [5, 5.41) is 0.207. The second kappa shape index (κ2) is 2.91. The number of H-pyrrole nitrogens is 1. The number of hydrogen-bond acceptors (Lipinski definition) is 4. The average Bonchev–Trinajstić information content (AvgIpc) is 2.50. The van der Waals surface area contributed by atoms with Crippen molar-refractivity contribution in [2.24, 2.45) is 0 Å². The average molecular weight is 201 g/mol. The van der Waals surface area contributed by atoms with Gasteiger partial charge in [0.1, 0.15) is 5.52 Å². The maximum absolute atomic E-state index is 5.65. The molecule has 0 atom stereocenters. The van der Waals surface area contributed by atoms with Crippen molar-refractivity contribution in [1.82, 2.24) is 19.9 Å². The minimum Gasteiger partial charge on any atom is -0.342 e. The molecule has 0 amide bonds. The van der Waals surface area contributed by atoms with Crippen molar-refractivity contribution >= 4 is 35.4 Å². The van der Waals surface area contributed by atoms with Gasteiger partial charge in [-0.15, -0.1) is 0 Å². The van der Waals surface area contributed by atoms with Crippen LogP contribution in [0.15, 0.2) is 6.33 Å². The SMILES string of the molecule is SCc1nc(Cl)nc2nc[nH]c12. The molecule has 2 aromatic heterocycles. The summed E-state index contributed by atoms with van der Waals surface area (Å²) in [7, 11) is 0. The molecule has 0 aromatic carbocycles. The minimum atomic E-state index is 0.207. The summed E-state index contributed by atoms with van der Waals surface area (Å²) in [4.78, 5) is 14.8. The maximum atomic E-state index is 5.65. The highest BCUT2D eigenvalue weighted by atomic mass is 35.5. The Morgan fingerprint density at radius 3 is 3.08 bits per heavy atom. The van der Waals surface area contributed by atoms with Gasteiger partial charge in [0.05, 0.1) is 12.0 Å². The summed E-state index contributed by atoms with van der Waals surface area (Å²) in [6, 6.07) is 0. The van der Waals surface area contributed by atoms with E-state index < -0.39 is 0 Å². The standard InChI is InChI=1S/C6H5ClN4S/c7-6-10-3(1-12)4-5(11-6)9-2-8-4/h2,12H,1H2,(H,8,9,10,11). The van der Waals surface area contributed by atoms with Gasteiger partial charge in [0.15, 0.2) is 5.65 Å². The molecular formula is C6H5ClN4S. The number of nitrogens with zero attached hydrogens (tertiary/aromatic N) is 3. The van der Waals surface area contributed by atoms with Crippen molar-refractivity contribution in [3.8, 4) is 0 Å². The highest BCUT2D eigenvalue weighted by Gasteiger charge is 2.06. The first-order valence-electron chi connectivity index (χ1n) is 3.27. The molecule has 0 fully saturated rings. The predicted molar refractivity (Wildman–Crippen MR) is 49.4 cm³/mol. The molecule has 0 saturated carbocycles. The zero-order valence-corrected chi connectivity index (χ0v) is 7.60. The highest BCUT2D eigenvalue weighted by Crippen LogP contribution is 2.14. The van der Waals surface area contributed by atoms with Crippen LogP contribution >= 0.6 is 24.2 Å². The van der Waals surface area contributed by atoms with Gasteiger partial charge in [-0.1, -0.05) is 0 Å². The summed E-state index contributed by atoms with van der Waals surface area (Å²) in [6.45, 7) is 0. The van der Waals surface area contributed by atoms with Crippen LogP contribution in [0.3, 0.4) is 0 Å². The molecule has 2 heterocycles. The number of rotatable bonds is 1. The summed E-state index contributed by atoms with van der Waals surface area (Å²) in [5.74, 6) is 0.515. The molecule has 1 N–H and O–H groups in total. The smallest absolute Gasteiger partial charge is 0.224 e. The zero-order valence-electron chi connectivity index (χ0n) is 5.95. The maximum Gasteiger partial charge on any atom is 0.224 e. The van der Waals surface area contributed by atoms with E-state index in [1.54, 1.807) is 6.33 Å². The van der Waals surface area contributed by atoms with E-state index >= 15 is 0 Å². The monoisotopic (exact) mass is 200 g/mol. The van der Waals surface area contributed by atoms with Crippen LogP contribution in [-0.4, -0.2) is 19.9 Å². The molecule has 6 heteroatoms. The van der Waals surface area contributed by atoms with Crippen molar-refractivity contribution in [1.29, 1.82) is 0 Å². The molecule has 0 aliphatic rings. The molecule has 0 radical (unpaired) electrons. The van der Waals surface area contributed by atoms with Crippen LogP contribution in [0.1, 0.15) is 5.69 Å². The predicted octanol–water partition coefficient (Wildman–Crippen LogP) is 1.44. The van der Waals surface area contributed by atoms with E-state index in [4.69, 9.17) is 11.6 Å². The van der Waals surface area contributed by atoms with Crippen LogP contribution < -0.4 is 0 Å². The normalized spacial score (nSPS) is 10.8. The third kappa shape index (κ3) is 1.15. The number of aromatic amines is 1. The Hall–Kier alpha value is -0.810. The second-order valence-electron chi connectivity index (χ2n) is 2.20. The molecule has 0 aliphatic heterocycles. The lowest BCUT2D eigenvalue weighted by Gasteiger charge is -1.96. The fourth-order valence-electron chi connectivity index (χ4n) is 0.978. The van der Waals surface area contributed by atoms with Gasteiger partial charge in [0, 0.05) is 5.75 Å². The lowest BCUT2D eigenvalue weighted by Crippen LogP contribution is -1.91. The Bertz CT molecular complexity index is 413. The number of imidazole rings is 1. The fraction of sp³-hybridized carbons (Fsp3) is 0.167. The first-order chi connectivity index (χ1) is 5.81. The molecule has 12 heavy (non-hydrogen) atoms. The molecule has 0 saturated heterocycles. The number of fused-ring (bicyclic) bond motifs is 1. The first-order valence-corrected chi connectivity index (χ1v) is 4.28. The summed E-state index contributed by atoms with van der Waals surface area (Å²) in [6.07, 6.45) is 1.56. The van der Waals surface area contributed by atoms with Gasteiger partial charge in [0.25, 0.3) is 0 Å². The number of halogens is 1. The fourth-order valence-corrected chi connectivity index (χ4v) is 1.39. The van der Waals surface area contributed by atoms with Gasteiger partial charge in [-0.25, -0.2) is 9.97 Å². The Balaban J connectivity index is 2.80. The lowest BCUT2D eigenvalue weighted by atomic mass is 10.4. The third-order valence-corrected chi connectivity index (χ3v) is 1.95. The molecule has 0 aliphatic carbocycles. The van der Waals surface area contributed by atoms with Crippen molar-refractivity contribution in [2.45, 2.75) is 5.75 Å². The lowest BCUT2D eigenvalue weighted by molar-refractivity contribution is 1.12. The molecule has 0 spiro atoms. The highest BCUT2D eigenvalue weighted by molar-refractivity contribution is 7.79. The number of thiol groups is 1. The van der Waals surface area contributed by atoms with E-state index in [2.05, 4.69) is 32.6 Å². The number of aromatic nitrogens is 4. The first kappa shape index (κ1) is 7.82. The Labute approximate surface area is 78.8 Å². The molecular weight excluding hydrogens is 196 g/mol. The quantitative estimate of drug-likeness (QED) is 0.541. The van der Waals surface area contributed by atoms with Crippen molar-refractivity contribution < 1.29 is 0 Å². The minimum absolute atomic E-state index is 0.207. The summed E-state index contributed by atoms with van der Waals surface area (Å²) >= 11 is 9.76. The van der Waals surface area contributed by atoms with E-state index in [0.29, 0.717) is 11.4 Å². The van der Waals surface area contributed by atoms with Crippen molar-refractivity contribution in [3.63, 3.8) is 0 Å². The Morgan fingerprint density at radius 2 is 2.33 bits per heavy atom. The van der Waals surface area contributed by atoms with Crippen molar-refractivity contribution in [3.05, 3.63) is 17.3 Å². The Kier molecular flexibility index (Phi) is 1.90. The summed E-state index contributed by atoms with van der Waals surface area (Å²) in [5.41, 5.74) is 2.15. The van der Waals surface area contributed by atoms with Crippen molar-refractivity contribution in [2.75, 3.05) is 0 Å². The van der Waals surface area contributed by atoms with E-state index in [1.165, 1.54) is 0 Å². The van der Waals surface area contributed by atoms with E-state index in [9.17, 15) is 0 Å². The second-order valence-corrected chi connectivity index (χ2v) is 2.85. The molecule has 0 bridgehead atoms. The van der Waals surface area contributed by atoms with Gasteiger partial charge >= 0.3 is 0 Å². The van der Waals surface area contributed by atoms with Gasteiger partial charge in [0.2, 0.25) is 5.28 Å². The van der Waals surface area contributed by atoms with Crippen LogP contribution in [-0.2, 0) is 5.75 Å². The molecule has 0 unspecified atom stereocenters. The molecule has 62 valence electrons. The molecule has 2 rings (SSSR count). The largest absolute Gasteiger partial charge is 0.342 e. The van der Waals surface area contributed by atoms with Crippen LogP contribution in [0, 0.1) is 0 Å². The van der Waals surface area contributed by atoms with E-state index in [0.717, 1.165) is 11.2 Å². The number of nitrogens with one attached hydrogen (secondary N) is 1. The van der Waals surface area contributed by atoms with Gasteiger partial charge in [-0.2, -0.15) is 17.6 Å². The zero-order chi connectivity index (χ0) is 8.55. The van der Waals surface area contributed by atoms with E-state index in [-0.39, 0.29) is 5.28 Å². The van der Waals surface area contributed by atoms with Crippen LogP contribution in [0.25, 0.3) is 11.2 Å². The molecule has 2 aromatic rings. The van der Waals surface area contributed by atoms with Gasteiger partial charge in [-0.3, -0.25) is 0 Å². The molecule has 4 nitrogen and oxygen atoms in total. The van der Waals surface area contributed by atoms with Gasteiger partial charge in [-0.05, 0) is 11.6 Å². The van der Waals surface area contributed by atoms with Gasteiger partial charge < -0.3 is 4.98 Å². The van der Waals surface area contributed by atoms with Crippen LogP contribution in [0.4, 0.5) is 0 Å². The summed E-state index contributed by atoms with van der Waals surface area (Å²) < 4.78 is 0. The topological polar surface area (TPSA) is 54.5 Å².